The van der Waals surface area contributed by atoms with Crippen LogP contribution in [0, 0.1) is 5.41 Å². The van der Waals surface area contributed by atoms with Crippen molar-refractivity contribution in [3.8, 4) is 0 Å². The smallest absolute Gasteiger partial charge is 0.309 e. The van der Waals surface area contributed by atoms with E-state index in [0.717, 1.165) is 5.56 Å². The standard InChI is InChI=1S/C12H16ClNO2/c1-3-12(2,11(15)16)7-8-4-5-9(13)10(14)6-8/h4-6H,3,7,14H2,1-2H3,(H,15,16). The quantitative estimate of drug-likeness (QED) is 0.797. The summed E-state index contributed by atoms with van der Waals surface area (Å²) in [4.78, 5) is 11.2. The Kier molecular flexibility index (Phi) is 3.81. The minimum absolute atomic E-state index is 0.459. The third kappa shape index (κ3) is 2.67. The number of aliphatic carboxylic acids is 1. The van der Waals surface area contributed by atoms with Gasteiger partial charge >= 0.3 is 5.97 Å². The lowest BCUT2D eigenvalue weighted by Gasteiger charge is -2.23. The van der Waals surface area contributed by atoms with Gasteiger partial charge in [0.15, 0.2) is 0 Å². The molecule has 1 unspecified atom stereocenters. The van der Waals surface area contributed by atoms with Gasteiger partial charge in [0.1, 0.15) is 0 Å². The zero-order valence-corrected chi connectivity index (χ0v) is 10.2. The minimum Gasteiger partial charge on any atom is -0.481 e. The van der Waals surface area contributed by atoms with E-state index in [4.69, 9.17) is 22.4 Å². The topological polar surface area (TPSA) is 63.3 Å². The van der Waals surface area contributed by atoms with E-state index in [9.17, 15) is 4.79 Å². The van der Waals surface area contributed by atoms with E-state index >= 15 is 0 Å². The van der Waals surface area contributed by atoms with Crippen molar-refractivity contribution in [2.24, 2.45) is 5.41 Å². The minimum atomic E-state index is -0.788. The number of carbonyl (C=O) groups is 1. The van der Waals surface area contributed by atoms with Gasteiger partial charge in [-0.25, -0.2) is 0 Å². The molecule has 0 saturated carbocycles. The van der Waals surface area contributed by atoms with Gasteiger partial charge in [0.25, 0.3) is 0 Å². The highest BCUT2D eigenvalue weighted by atomic mass is 35.5. The fourth-order valence-corrected chi connectivity index (χ4v) is 1.62. The third-order valence-corrected chi connectivity index (χ3v) is 3.30. The van der Waals surface area contributed by atoms with Crippen molar-refractivity contribution in [1.82, 2.24) is 0 Å². The summed E-state index contributed by atoms with van der Waals surface area (Å²) in [5.74, 6) is -0.788. The second-order valence-corrected chi connectivity index (χ2v) is 4.66. The molecule has 1 aromatic rings. The molecule has 0 aliphatic carbocycles. The molecular formula is C12H16ClNO2. The monoisotopic (exact) mass is 241 g/mol. The van der Waals surface area contributed by atoms with Crippen LogP contribution < -0.4 is 5.73 Å². The fourth-order valence-electron chi connectivity index (χ4n) is 1.51. The summed E-state index contributed by atoms with van der Waals surface area (Å²) in [5, 5.41) is 9.66. The maximum atomic E-state index is 11.2. The molecule has 16 heavy (non-hydrogen) atoms. The average Bonchev–Trinajstić information content (AvgIpc) is 2.23. The van der Waals surface area contributed by atoms with Crippen molar-refractivity contribution >= 4 is 23.3 Å². The Hall–Kier alpha value is -1.22. The Balaban J connectivity index is 2.95. The first-order valence-corrected chi connectivity index (χ1v) is 5.54. The molecule has 0 spiro atoms. The number of carboxylic acids is 1. The van der Waals surface area contributed by atoms with E-state index in [1.807, 2.05) is 13.0 Å². The van der Waals surface area contributed by atoms with Crippen LogP contribution in [0.2, 0.25) is 5.02 Å². The molecule has 4 heteroatoms. The number of benzene rings is 1. The van der Waals surface area contributed by atoms with Crippen LogP contribution in [0.25, 0.3) is 0 Å². The Bertz CT molecular complexity index is 406. The molecule has 88 valence electrons. The molecule has 3 N–H and O–H groups in total. The number of nitrogen functional groups attached to an aromatic ring is 1. The van der Waals surface area contributed by atoms with Gasteiger partial charge in [0.2, 0.25) is 0 Å². The maximum Gasteiger partial charge on any atom is 0.309 e. The summed E-state index contributed by atoms with van der Waals surface area (Å²) in [5.41, 5.74) is 6.31. The van der Waals surface area contributed by atoms with Crippen molar-refractivity contribution in [1.29, 1.82) is 0 Å². The van der Waals surface area contributed by atoms with Crippen molar-refractivity contribution < 1.29 is 9.90 Å². The summed E-state index contributed by atoms with van der Waals surface area (Å²) in [7, 11) is 0. The van der Waals surface area contributed by atoms with E-state index in [2.05, 4.69) is 0 Å². The molecule has 0 radical (unpaired) electrons. The second kappa shape index (κ2) is 4.74. The van der Waals surface area contributed by atoms with E-state index in [-0.39, 0.29) is 0 Å². The predicted octanol–water partition coefficient (Wildman–Crippen LogP) is 2.97. The van der Waals surface area contributed by atoms with Crippen LogP contribution >= 0.6 is 11.6 Å². The van der Waals surface area contributed by atoms with Gasteiger partial charge in [-0.3, -0.25) is 4.79 Å². The van der Waals surface area contributed by atoms with Crippen molar-refractivity contribution in [3.63, 3.8) is 0 Å². The van der Waals surface area contributed by atoms with Crippen LogP contribution in [0.15, 0.2) is 18.2 Å². The number of anilines is 1. The molecule has 0 aliphatic rings. The molecule has 0 bridgehead atoms. The Morgan fingerprint density at radius 3 is 2.62 bits per heavy atom. The van der Waals surface area contributed by atoms with Crippen LogP contribution in [-0.4, -0.2) is 11.1 Å². The highest BCUT2D eigenvalue weighted by Gasteiger charge is 2.31. The van der Waals surface area contributed by atoms with Crippen molar-refractivity contribution in [2.75, 3.05) is 5.73 Å². The SMILES string of the molecule is CCC(C)(Cc1ccc(Cl)c(N)c1)C(=O)O. The van der Waals surface area contributed by atoms with Crippen molar-refractivity contribution in [2.45, 2.75) is 26.7 Å². The number of rotatable bonds is 4. The molecule has 0 aromatic heterocycles. The zero-order valence-electron chi connectivity index (χ0n) is 9.46. The number of carboxylic acid groups (broad SMARTS) is 1. The van der Waals surface area contributed by atoms with Crippen LogP contribution in [0.1, 0.15) is 25.8 Å². The summed E-state index contributed by atoms with van der Waals surface area (Å²) in [6, 6.07) is 5.25. The van der Waals surface area contributed by atoms with Gasteiger partial charge < -0.3 is 10.8 Å². The van der Waals surface area contributed by atoms with Crippen LogP contribution in [-0.2, 0) is 11.2 Å². The van der Waals surface area contributed by atoms with Gasteiger partial charge in [-0.15, -0.1) is 0 Å². The number of halogens is 1. The normalized spacial score (nSPS) is 14.4. The Morgan fingerprint density at radius 2 is 2.19 bits per heavy atom. The van der Waals surface area contributed by atoms with E-state index in [1.165, 1.54) is 0 Å². The van der Waals surface area contributed by atoms with Crippen LogP contribution in [0.4, 0.5) is 5.69 Å². The lowest BCUT2D eigenvalue weighted by Crippen LogP contribution is -2.29. The first-order chi connectivity index (χ1) is 7.39. The highest BCUT2D eigenvalue weighted by molar-refractivity contribution is 6.33. The molecule has 1 rings (SSSR count). The maximum absolute atomic E-state index is 11.2. The average molecular weight is 242 g/mol. The summed E-state index contributed by atoms with van der Waals surface area (Å²) in [6.07, 6.45) is 1.03. The third-order valence-electron chi connectivity index (χ3n) is 2.95. The number of nitrogens with two attached hydrogens (primary N) is 1. The van der Waals surface area contributed by atoms with E-state index < -0.39 is 11.4 Å². The number of hydrogen-bond acceptors (Lipinski definition) is 2. The lowest BCUT2D eigenvalue weighted by molar-refractivity contribution is -0.148. The largest absolute Gasteiger partial charge is 0.481 e. The Morgan fingerprint density at radius 1 is 1.56 bits per heavy atom. The molecule has 0 aliphatic heterocycles. The van der Waals surface area contributed by atoms with Crippen LogP contribution in [0.3, 0.4) is 0 Å². The highest BCUT2D eigenvalue weighted by Crippen LogP contribution is 2.29. The van der Waals surface area contributed by atoms with Crippen LogP contribution in [0.5, 0.6) is 0 Å². The van der Waals surface area contributed by atoms with Gasteiger partial charge in [0, 0.05) is 0 Å². The Labute approximate surface area is 100 Å². The zero-order chi connectivity index (χ0) is 12.3. The molecule has 0 fully saturated rings. The van der Waals surface area contributed by atoms with Gasteiger partial charge in [0.05, 0.1) is 16.1 Å². The molecule has 0 amide bonds. The molecule has 0 saturated heterocycles. The first kappa shape index (κ1) is 12.8. The summed E-state index contributed by atoms with van der Waals surface area (Å²) >= 11 is 5.81. The lowest BCUT2D eigenvalue weighted by atomic mass is 9.81. The van der Waals surface area contributed by atoms with Gasteiger partial charge in [-0.1, -0.05) is 24.6 Å². The summed E-state index contributed by atoms with van der Waals surface area (Å²) in [6.45, 7) is 3.60. The first-order valence-electron chi connectivity index (χ1n) is 5.16. The predicted molar refractivity (Wildman–Crippen MR) is 65.6 cm³/mol. The van der Waals surface area contributed by atoms with E-state index in [1.54, 1.807) is 19.1 Å². The summed E-state index contributed by atoms with van der Waals surface area (Å²) < 4.78 is 0. The molecule has 0 heterocycles. The van der Waals surface area contributed by atoms with E-state index in [0.29, 0.717) is 23.6 Å². The fraction of sp³-hybridized carbons (Fsp3) is 0.417. The molecule has 3 nitrogen and oxygen atoms in total. The molecule has 1 atom stereocenters. The molecule has 1 aromatic carbocycles. The van der Waals surface area contributed by atoms with Gasteiger partial charge in [-0.05, 0) is 37.5 Å². The van der Waals surface area contributed by atoms with Gasteiger partial charge in [-0.2, -0.15) is 0 Å². The molecular weight excluding hydrogens is 226 g/mol. The second-order valence-electron chi connectivity index (χ2n) is 4.25. The van der Waals surface area contributed by atoms with Crippen molar-refractivity contribution in [3.05, 3.63) is 28.8 Å². The number of hydrogen-bond donors (Lipinski definition) is 2.